The predicted octanol–water partition coefficient (Wildman–Crippen LogP) is 2.60. The second-order valence-corrected chi connectivity index (χ2v) is 2.64. The Morgan fingerprint density at radius 3 is 2.36 bits per heavy atom. The molecule has 11 heavy (non-hydrogen) atoms. The third-order valence-electron chi connectivity index (χ3n) is 1.66. The van der Waals surface area contributed by atoms with Crippen LogP contribution in [0.3, 0.4) is 0 Å². The maximum Gasteiger partial charge on any atom is 0.106 e. The summed E-state index contributed by atoms with van der Waals surface area (Å²) in [5, 5.41) is 0. The van der Waals surface area contributed by atoms with Gasteiger partial charge in [0, 0.05) is 12.1 Å². The molecule has 0 amide bonds. The highest BCUT2D eigenvalue weighted by molar-refractivity contribution is 14.0. The van der Waals surface area contributed by atoms with Crippen molar-refractivity contribution in [2.45, 2.75) is 33.6 Å². The van der Waals surface area contributed by atoms with Crippen LogP contribution in [0.25, 0.3) is 0 Å². The molecule has 0 saturated carbocycles. The minimum Gasteiger partial charge on any atom is -0.346 e. The van der Waals surface area contributed by atoms with Crippen molar-refractivity contribution in [2.75, 3.05) is 0 Å². The van der Waals surface area contributed by atoms with Crippen LogP contribution < -0.4 is 0 Å². The number of nitrogens with zero attached hydrogens (tertiary/aromatic N) is 1. The molecule has 0 aliphatic rings. The van der Waals surface area contributed by atoms with E-state index in [9.17, 15) is 0 Å². The first-order valence-corrected chi connectivity index (χ1v) is 3.76. The predicted molar refractivity (Wildman–Crippen MR) is 57.5 cm³/mol. The smallest absolute Gasteiger partial charge is 0.106 e. The molecule has 1 aromatic heterocycles. The number of H-pyrrole nitrogens is 1. The molecule has 3 heteroatoms. The summed E-state index contributed by atoms with van der Waals surface area (Å²) in [4.78, 5) is 7.58. The van der Waals surface area contributed by atoms with Gasteiger partial charge in [0.05, 0.1) is 5.69 Å². The molecule has 0 radical (unpaired) electrons. The van der Waals surface area contributed by atoms with Gasteiger partial charge in [-0.05, 0) is 20.3 Å². The Kier molecular flexibility index (Phi) is 4.72. The number of hydrogen-bond acceptors (Lipinski definition) is 1. The van der Waals surface area contributed by atoms with E-state index in [1.165, 1.54) is 5.69 Å². The summed E-state index contributed by atoms with van der Waals surface area (Å²) in [6.07, 6.45) is 2.22. The van der Waals surface area contributed by atoms with Crippen molar-refractivity contribution in [1.29, 1.82) is 0 Å². The first kappa shape index (κ1) is 10.9. The van der Waals surface area contributed by atoms with Crippen molar-refractivity contribution >= 4 is 24.0 Å². The highest BCUT2D eigenvalue weighted by atomic mass is 127. The van der Waals surface area contributed by atoms with Crippen LogP contribution in [-0.2, 0) is 6.42 Å². The van der Waals surface area contributed by atoms with Crippen LogP contribution in [0.15, 0.2) is 0 Å². The van der Waals surface area contributed by atoms with Crippen LogP contribution in [0.1, 0.15) is 30.6 Å². The maximum atomic E-state index is 4.34. The van der Waals surface area contributed by atoms with Gasteiger partial charge in [0.15, 0.2) is 0 Å². The average molecular weight is 266 g/mol. The molecule has 1 rings (SSSR count). The third kappa shape index (κ3) is 2.81. The van der Waals surface area contributed by atoms with Crippen LogP contribution in [0.5, 0.6) is 0 Å². The molecule has 0 fully saturated rings. The molecule has 2 nitrogen and oxygen atoms in total. The van der Waals surface area contributed by atoms with Gasteiger partial charge in [-0.15, -0.1) is 24.0 Å². The molecule has 0 aromatic carbocycles. The lowest BCUT2D eigenvalue weighted by Gasteiger charge is -1.87. The summed E-state index contributed by atoms with van der Waals surface area (Å²) >= 11 is 0. The van der Waals surface area contributed by atoms with E-state index >= 15 is 0 Å². The van der Waals surface area contributed by atoms with Gasteiger partial charge < -0.3 is 4.98 Å². The highest BCUT2D eigenvalue weighted by Crippen LogP contribution is 2.03. The van der Waals surface area contributed by atoms with Crippen molar-refractivity contribution in [1.82, 2.24) is 9.97 Å². The number of aryl methyl sites for hydroxylation is 3. The maximum absolute atomic E-state index is 4.34. The summed E-state index contributed by atoms with van der Waals surface area (Å²) in [6.45, 7) is 6.25. The summed E-state index contributed by atoms with van der Waals surface area (Å²) in [7, 11) is 0. The fourth-order valence-electron chi connectivity index (χ4n) is 0.976. The Morgan fingerprint density at radius 2 is 2.00 bits per heavy atom. The highest BCUT2D eigenvalue weighted by Gasteiger charge is 1.99. The fraction of sp³-hybridized carbons (Fsp3) is 0.625. The molecule has 0 aliphatic heterocycles. The van der Waals surface area contributed by atoms with Crippen LogP contribution in [0.2, 0.25) is 0 Å². The van der Waals surface area contributed by atoms with E-state index in [4.69, 9.17) is 0 Å². The molecule has 1 aromatic rings. The lowest BCUT2D eigenvalue weighted by Crippen LogP contribution is -1.84. The van der Waals surface area contributed by atoms with Crippen molar-refractivity contribution in [3.05, 3.63) is 17.2 Å². The SMILES string of the molecule is CCCc1nc(C)c(C)[nH]1.I. The summed E-state index contributed by atoms with van der Waals surface area (Å²) in [5.74, 6) is 1.12. The normalized spacial score (nSPS) is 9.36. The second kappa shape index (κ2) is 4.74. The van der Waals surface area contributed by atoms with E-state index in [0.29, 0.717) is 0 Å². The number of halogens is 1. The van der Waals surface area contributed by atoms with Crippen molar-refractivity contribution < 1.29 is 0 Å². The number of hydrogen-bond donors (Lipinski definition) is 1. The topological polar surface area (TPSA) is 28.7 Å². The Balaban J connectivity index is 0.000001000. The van der Waals surface area contributed by atoms with Crippen LogP contribution in [0.4, 0.5) is 0 Å². The molecule has 0 aliphatic carbocycles. The van der Waals surface area contributed by atoms with E-state index in [0.717, 1.165) is 24.4 Å². The lowest BCUT2D eigenvalue weighted by molar-refractivity contribution is 0.852. The van der Waals surface area contributed by atoms with E-state index in [2.05, 4.69) is 23.8 Å². The first-order chi connectivity index (χ1) is 4.74. The fourth-order valence-corrected chi connectivity index (χ4v) is 0.976. The Labute approximate surface area is 84.8 Å². The number of rotatable bonds is 2. The minimum atomic E-state index is 0. The van der Waals surface area contributed by atoms with Gasteiger partial charge in [-0.25, -0.2) is 4.98 Å². The zero-order chi connectivity index (χ0) is 7.56. The minimum absolute atomic E-state index is 0. The van der Waals surface area contributed by atoms with Crippen molar-refractivity contribution in [3.8, 4) is 0 Å². The van der Waals surface area contributed by atoms with Gasteiger partial charge in [0.2, 0.25) is 0 Å². The third-order valence-corrected chi connectivity index (χ3v) is 1.66. The summed E-state index contributed by atoms with van der Waals surface area (Å²) in [6, 6.07) is 0. The van der Waals surface area contributed by atoms with Gasteiger partial charge in [0.1, 0.15) is 5.82 Å². The number of aromatic nitrogens is 2. The Hall–Kier alpha value is -0.0600. The van der Waals surface area contributed by atoms with E-state index in [1.807, 2.05) is 6.92 Å². The number of aromatic amines is 1. The van der Waals surface area contributed by atoms with E-state index in [-0.39, 0.29) is 24.0 Å². The molecule has 0 spiro atoms. The zero-order valence-corrected chi connectivity index (χ0v) is 9.60. The number of nitrogens with one attached hydrogen (secondary N) is 1. The lowest BCUT2D eigenvalue weighted by atomic mass is 10.3. The van der Waals surface area contributed by atoms with E-state index in [1.54, 1.807) is 0 Å². The van der Waals surface area contributed by atoms with Crippen molar-refractivity contribution in [2.24, 2.45) is 0 Å². The molecule has 0 saturated heterocycles. The van der Waals surface area contributed by atoms with Gasteiger partial charge in [-0.1, -0.05) is 6.92 Å². The molecular formula is C8H15IN2. The second-order valence-electron chi connectivity index (χ2n) is 2.64. The molecule has 0 bridgehead atoms. The Bertz CT molecular complexity index is 198. The van der Waals surface area contributed by atoms with Gasteiger partial charge >= 0.3 is 0 Å². The molecular weight excluding hydrogens is 251 g/mol. The summed E-state index contributed by atoms with van der Waals surface area (Å²) in [5.41, 5.74) is 2.33. The van der Waals surface area contributed by atoms with Crippen LogP contribution in [0, 0.1) is 13.8 Å². The first-order valence-electron chi connectivity index (χ1n) is 3.76. The van der Waals surface area contributed by atoms with Gasteiger partial charge in [-0.3, -0.25) is 0 Å². The van der Waals surface area contributed by atoms with Gasteiger partial charge in [0.25, 0.3) is 0 Å². The molecule has 0 atom stereocenters. The molecule has 0 unspecified atom stereocenters. The molecule has 64 valence electrons. The quantitative estimate of drug-likeness (QED) is 0.819. The molecule has 1 heterocycles. The average Bonchev–Trinajstić information content (AvgIpc) is 2.14. The largest absolute Gasteiger partial charge is 0.346 e. The van der Waals surface area contributed by atoms with Crippen LogP contribution in [-0.4, -0.2) is 9.97 Å². The standard InChI is InChI=1S/C8H14N2.HI/c1-4-5-8-9-6(2)7(3)10-8;/h4-5H2,1-3H3,(H,9,10);1H. The molecule has 1 N–H and O–H groups in total. The van der Waals surface area contributed by atoms with Gasteiger partial charge in [-0.2, -0.15) is 0 Å². The van der Waals surface area contributed by atoms with E-state index < -0.39 is 0 Å². The summed E-state index contributed by atoms with van der Waals surface area (Å²) < 4.78 is 0. The monoisotopic (exact) mass is 266 g/mol. The van der Waals surface area contributed by atoms with Crippen LogP contribution >= 0.6 is 24.0 Å². The number of imidazole rings is 1. The Morgan fingerprint density at radius 1 is 1.36 bits per heavy atom. The zero-order valence-electron chi connectivity index (χ0n) is 7.27. The van der Waals surface area contributed by atoms with Crippen molar-refractivity contribution in [3.63, 3.8) is 0 Å².